The predicted octanol–water partition coefficient (Wildman–Crippen LogP) is 3.27. The summed E-state index contributed by atoms with van der Waals surface area (Å²) >= 11 is 3.40. The molecule has 0 saturated carbocycles. The Morgan fingerprint density at radius 3 is 2.73 bits per heavy atom. The van der Waals surface area contributed by atoms with Gasteiger partial charge in [0.2, 0.25) is 0 Å². The Balaban J connectivity index is 3.53. The van der Waals surface area contributed by atoms with Crippen LogP contribution in [0.15, 0.2) is 22.7 Å². The van der Waals surface area contributed by atoms with Gasteiger partial charge in [-0.2, -0.15) is 0 Å². The normalized spacial score (nSPS) is 12.8. The zero-order valence-electron chi connectivity index (χ0n) is 7.14. The number of hydrogen-bond donors (Lipinski definition) is 0. The summed E-state index contributed by atoms with van der Waals surface area (Å²) in [5, 5.41) is 0. The summed E-state index contributed by atoms with van der Waals surface area (Å²) in [6.45, 7) is 5.56. The van der Waals surface area contributed by atoms with Gasteiger partial charge in [-0.3, -0.25) is 0 Å². The Kier molecular flexibility index (Phi) is 7.96. The Hall–Kier alpha value is -0.0800. The molecule has 0 saturated heterocycles. The molecule has 11 heavy (non-hydrogen) atoms. The van der Waals surface area contributed by atoms with Crippen molar-refractivity contribution in [2.75, 3.05) is 13.2 Å². The first-order valence-corrected chi connectivity index (χ1v) is 4.70. The van der Waals surface area contributed by atoms with E-state index in [1.54, 1.807) is 0 Å². The van der Waals surface area contributed by atoms with Gasteiger partial charge in [0, 0.05) is 11.1 Å². The molecule has 0 aromatic rings. The van der Waals surface area contributed by atoms with Crippen molar-refractivity contribution in [2.24, 2.45) is 0 Å². The van der Waals surface area contributed by atoms with Gasteiger partial charge in [0.25, 0.3) is 0 Å². The summed E-state index contributed by atoms with van der Waals surface area (Å²) in [5.41, 5.74) is 0. The third kappa shape index (κ3) is 7.82. The van der Waals surface area contributed by atoms with E-state index < -0.39 is 0 Å². The van der Waals surface area contributed by atoms with E-state index >= 15 is 0 Å². The molecular weight excluding hydrogens is 204 g/mol. The molecule has 0 heterocycles. The predicted molar refractivity (Wildman–Crippen MR) is 52.9 cm³/mol. The van der Waals surface area contributed by atoms with Crippen LogP contribution < -0.4 is 0 Å². The van der Waals surface area contributed by atoms with Gasteiger partial charge in [0.15, 0.2) is 0 Å². The first-order valence-electron chi connectivity index (χ1n) is 3.91. The van der Waals surface area contributed by atoms with Gasteiger partial charge in [-0.05, 0) is 19.4 Å². The highest BCUT2D eigenvalue weighted by atomic mass is 79.9. The van der Waals surface area contributed by atoms with Crippen molar-refractivity contribution in [3.8, 4) is 0 Å². The maximum Gasteiger partial charge on any atom is 0.0661 e. The van der Waals surface area contributed by atoms with Crippen molar-refractivity contribution in [3.63, 3.8) is 0 Å². The first-order chi connectivity index (χ1) is 5.31. The van der Waals surface area contributed by atoms with Gasteiger partial charge < -0.3 is 4.74 Å². The van der Waals surface area contributed by atoms with Crippen molar-refractivity contribution >= 4 is 15.9 Å². The monoisotopic (exact) mass is 218 g/mol. The van der Waals surface area contributed by atoms with Crippen molar-refractivity contribution in [1.82, 2.24) is 0 Å². The van der Waals surface area contributed by atoms with Crippen LogP contribution in [0.5, 0.6) is 0 Å². The fraction of sp³-hybridized carbons (Fsp3) is 0.556. The van der Waals surface area contributed by atoms with Gasteiger partial charge >= 0.3 is 0 Å². The SMILES string of the molecule is CC/C=C\C(Br)=C/COCC. The summed E-state index contributed by atoms with van der Waals surface area (Å²) in [4.78, 5) is 0. The van der Waals surface area contributed by atoms with Crippen LogP contribution in [0.1, 0.15) is 20.3 Å². The lowest BCUT2D eigenvalue weighted by molar-refractivity contribution is 0.177. The van der Waals surface area contributed by atoms with E-state index in [0.29, 0.717) is 6.61 Å². The van der Waals surface area contributed by atoms with Gasteiger partial charge in [-0.1, -0.05) is 35.0 Å². The van der Waals surface area contributed by atoms with Crippen LogP contribution in [0.3, 0.4) is 0 Å². The maximum absolute atomic E-state index is 5.14. The molecular formula is C9H15BrO. The van der Waals surface area contributed by atoms with Gasteiger partial charge in [0.05, 0.1) is 6.61 Å². The molecule has 0 bridgehead atoms. The molecule has 0 unspecified atom stereocenters. The molecule has 0 atom stereocenters. The standard InChI is InChI=1S/C9H15BrO/c1-3-5-6-9(10)7-8-11-4-2/h5-7H,3-4,8H2,1-2H3/b6-5-,9-7+. The number of hydrogen-bond acceptors (Lipinski definition) is 1. The summed E-state index contributed by atoms with van der Waals surface area (Å²) < 4.78 is 6.23. The quantitative estimate of drug-likeness (QED) is 0.509. The first kappa shape index (κ1) is 10.9. The Morgan fingerprint density at radius 1 is 1.45 bits per heavy atom. The van der Waals surface area contributed by atoms with Crippen LogP contribution >= 0.6 is 15.9 Å². The average molecular weight is 219 g/mol. The molecule has 64 valence electrons. The number of rotatable bonds is 5. The zero-order valence-corrected chi connectivity index (χ0v) is 8.73. The van der Waals surface area contributed by atoms with E-state index in [1.807, 2.05) is 19.1 Å². The number of halogens is 1. The maximum atomic E-state index is 5.14. The molecule has 0 aromatic heterocycles. The molecule has 0 aliphatic heterocycles. The fourth-order valence-electron chi connectivity index (χ4n) is 0.555. The summed E-state index contributed by atoms with van der Waals surface area (Å²) in [7, 11) is 0. The molecule has 0 aliphatic carbocycles. The minimum atomic E-state index is 0.686. The van der Waals surface area contributed by atoms with E-state index in [1.165, 1.54) is 0 Å². The minimum Gasteiger partial charge on any atom is -0.378 e. The van der Waals surface area contributed by atoms with E-state index in [0.717, 1.165) is 17.5 Å². The van der Waals surface area contributed by atoms with Crippen LogP contribution in [-0.4, -0.2) is 13.2 Å². The Morgan fingerprint density at radius 2 is 2.18 bits per heavy atom. The second-order valence-corrected chi connectivity index (χ2v) is 2.97. The van der Waals surface area contributed by atoms with Gasteiger partial charge in [-0.25, -0.2) is 0 Å². The Labute approximate surface area is 77.3 Å². The van der Waals surface area contributed by atoms with Crippen molar-refractivity contribution < 1.29 is 4.74 Å². The van der Waals surface area contributed by atoms with Crippen LogP contribution in [0.4, 0.5) is 0 Å². The van der Waals surface area contributed by atoms with Crippen LogP contribution in [0.2, 0.25) is 0 Å². The van der Waals surface area contributed by atoms with Crippen molar-refractivity contribution in [2.45, 2.75) is 20.3 Å². The second-order valence-electron chi connectivity index (χ2n) is 2.06. The number of allylic oxidation sites excluding steroid dienone is 3. The lowest BCUT2D eigenvalue weighted by atomic mass is 10.4. The summed E-state index contributed by atoms with van der Waals surface area (Å²) in [6, 6.07) is 0. The van der Waals surface area contributed by atoms with Crippen LogP contribution in [-0.2, 0) is 4.74 Å². The van der Waals surface area contributed by atoms with Gasteiger partial charge in [-0.15, -0.1) is 0 Å². The lowest BCUT2D eigenvalue weighted by Crippen LogP contribution is -1.88. The van der Waals surface area contributed by atoms with E-state index in [2.05, 4.69) is 28.9 Å². The number of ether oxygens (including phenoxy) is 1. The summed E-state index contributed by atoms with van der Waals surface area (Å²) in [6.07, 6.45) is 7.22. The van der Waals surface area contributed by atoms with Crippen molar-refractivity contribution in [3.05, 3.63) is 22.7 Å². The third-order valence-corrected chi connectivity index (χ3v) is 1.70. The van der Waals surface area contributed by atoms with Crippen LogP contribution in [0, 0.1) is 0 Å². The molecule has 0 N–H and O–H groups in total. The topological polar surface area (TPSA) is 9.23 Å². The molecule has 0 radical (unpaired) electrons. The lowest BCUT2D eigenvalue weighted by Gasteiger charge is -1.93. The fourth-order valence-corrected chi connectivity index (χ4v) is 0.874. The van der Waals surface area contributed by atoms with Gasteiger partial charge in [0.1, 0.15) is 0 Å². The second kappa shape index (κ2) is 8.02. The largest absolute Gasteiger partial charge is 0.378 e. The average Bonchev–Trinajstić information content (AvgIpc) is 2.01. The smallest absolute Gasteiger partial charge is 0.0661 e. The van der Waals surface area contributed by atoms with Crippen molar-refractivity contribution in [1.29, 1.82) is 0 Å². The third-order valence-electron chi connectivity index (χ3n) is 1.11. The molecule has 0 rings (SSSR count). The summed E-state index contributed by atoms with van der Waals surface area (Å²) in [5.74, 6) is 0. The molecule has 0 aliphatic rings. The molecule has 0 aromatic carbocycles. The highest BCUT2D eigenvalue weighted by Crippen LogP contribution is 2.06. The van der Waals surface area contributed by atoms with E-state index in [-0.39, 0.29) is 0 Å². The highest BCUT2D eigenvalue weighted by molar-refractivity contribution is 9.11. The highest BCUT2D eigenvalue weighted by Gasteiger charge is 1.82. The van der Waals surface area contributed by atoms with E-state index in [9.17, 15) is 0 Å². The van der Waals surface area contributed by atoms with E-state index in [4.69, 9.17) is 4.74 Å². The molecule has 0 spiro atoms. The minimum absolute atomic E-state index is 0.686. The molecule has 1 nitrogen and oxygen atoms in total. The molecule has 0 amide bonds. The van der Waals surface area contributed by atoms with Crippen LogP contribution in [0.25, 0.3) is 0 Å². The zero-order chi connectivity index (χ0) is 8.53. The molecule has 0 fully saturated rings. The Bertz CT molecular complexity index is 138. The molecule has 2 heteroatoms.